The van der Waals surface area contributed by atoms with E-state index in [1.807, 2.05) is 26.0 Å². The molecule has 0 saturated carbocycles. The molecule has 2 heterocycles. The van der Waals surface area contributed by atoms with Crippen molar-refractivity contribution in [1.82, 2.24) is 10.6 Å². The Bertz CT molecular complexity index is 1630. The van der Waals surface area contributed by atoms with E-state index in [4.69, 9.17) is 9.47 Å². The van der Waals surface area contributed by atoms with Gasteiger partial charge in [0, 0.05) is 24.9 Å². The molecule has 47 heavy (non-hydrogen) atoms. The second kappa shape index (κ2) is 16.5. The van der Waals surface area contributed by atoms with Crippen LogP contribution < -0.4 is 10.6 Å². The molecule has 0 aliphatic carbocycles. The molecule has 2 N–H and O–H groups in total. The molecule has 250 valence electrons. The molecule has 4 unspecified atom stereocenters. The molecule has 0 radical (unpaired) electrons. The quantitative estimate of drug-likeness (QED) is 0.189. The largest absolute Gasteiger partial charge is 0.373 e. The first-order valence-corrected chi connectivity index (χ1v) is 16.0. The maximum Gasteiger partial charge on any atom is 0.159 e. The van der Waals surface area contributed by atoms with Crippen LogP contribution in [0.15, 0.2) is 78.9 Å². The van der Waals surface area contributed by atoms with Crippen LogP contribution in [0.4, 0.5) is 22.0 Å². The number of piperidine rings is 2. The maximum atomic E-state index is 13.3. The minimum Gasteiger partial charge on any atom is -0.373 e. The fourth-order valence-electron chi connectivity index (χ4n) is 6.46. The number of nitrogens with one attached hydrogen (secondary N) is 2. The highest BCUT2D eigenvalue weighted by Crippen LogP contribution is 2.31. The van der Waals surface area contributed by atoms with Crippen molar-refractivity contribution >= 4 is 0 Å². The van der Waals surface area contributed by atoms with Crippen LogP contribution in [0.25, 0.3) is 0 Å². The molecule has 2 aliphatic rings. The van der Waals surface area contributed by atoms with Crippen LogP contribution in [-0.2, 0) is 22.7 Å². The lowest BCUT2D eigenvalue weighted by atomic mass is 9.86. The molecule has 4 aromatic carbocycles. The van der Waals surface area contributed by atoms with Crippen molar-refractivity contribution in [3.05, 3.63) is 141 Å². The molecule has 0 spiro atoms. The van der Waals surface area contributed by atoms with Crippen LogP contribution in [0, 0.1) is 42.9 Å². The van der Waals surface area contributed by atoms with Gasteiger partial charge in [-0.15, -0.1) is 0 Å². The summed E-state index contributed by atoms with van der Waals surface area (Å²) in [6.45, 7) is 7.70. The molecule has 9 heteroatoms. The zero-order valence-corrected chi connectivity index (χ0v) is 26.7. The lowest BCUT2D eigenvalue weighted by Crippen LogP contribution is -2.40. The van der Waals surface area contributed by atoms with E-state index in [9.17, 15) is 22.0 Å². The van der Waals surface area contributed by atoms with Crippen LogP contribution >= 0.6 is 0 Å². The molecule has 2 aliphatic heterocycles. The number of halogens is 5. The van der Waals surface area contributed by atoms with Gasteiger partial charge in [-0.25, -0.2) is 22.0 Å². The second-order valence-electron chi connectivity index (χ2n) is 12.3. The summed E-state index contributed by atoms with van der Waals surface area (Å²) in [5, 5.41) is 6.72. The van der Waals surface area contributed by atoms with Crippen molar-refractivity contribution in [1.29, 1.82) is 0 Å². The summed E-state index contributed by atoms with van der Waals surface area (Å²) in [5.41, 5.74) is 5.44. The average Bonchev–Trinajstić information content (AvgIpc) is 3.05. The van der Waals surface area contributed by atoms with Crippen molar-refractivity contribution in [3.63, 3.8) is 0 Å². The van der Waals surface area contributed by atoms with E-state index in [1.54, 1.807) is 18.2 Å². The van der Waals surface area contributed by atoms with E-state index in [-0.39, 0.29) is 48.1 Å². The summed E-state index contributed by atoms with van der Waals surface area (Å²) in [7, 11) is 0. The smallest absolute Gasteiger partial charge is 0.159 e. The second-order valence-corrected chi connectivity index (χ2v) is 12.3. The van der Waals surface area contributed by atoms with Gasteiger partial charge < -0.3 is 20.1 Å². The Labute approximate surface area is 273 Å². The van der Waals surface area contributed by atoms with E-state index >= 15 is 0 Å². The first-order chi connectivity index (χ1) is 22.7. The van der Waals surface area contributed by atoms with E-state index in [0.29, 0.717) is 12.2 Å². The molecule has 2 fully saturated rings. The molecule has 4 aromatic rings. The summed E-state index contributed by atoms with van der Waals surface area (Å²) in [4.78, 5) is 0. The minimum atomic E-state index is -0.868. The van der Waals surface area contributed by atoms with E-state index in [1.165, 1.54) is 36.4 Å². The third kappa shape index (κ3) is 9.47. The third-order valence-corrected chi connectivity index (χ3v) is 8.90. The first-order valence-electron chi connectivity index (χ1n) is 16.0. The van der Waals surface area contributed by atoms with Crippen LogP contribution in [0.2, 0.25) is 0 Å². The van der Waals surface area contributed by atoms with Gasteiger partial charge >= 0.3 is 0 Å². The Morgan fingerprint density at radius 2 is 1.09 bits per heavy atom. The molecule has 0 amide bonds. The van der Waals surface area contributed by atoms with Gasteiger partial charge in [-0.2, -0.15) is 0 Å². The van der Waals surface area contributed by atoms with Crippen molar-refractivity contribution in [3.8, 4) is 0 Å². The van der Waals surface area contributed by atoms with Crippen LogP contribution in [0.5, 0.6) is 0 Å². The Kier molecular flexibility index (Phi) is 12.2. The summed E-state index contributed by atoms with van der Waals surface area (Å²) >= 11 is 0. The van der Waals surface area contributed by atoms with Crippen molar-refractivity contribution in [2.24, 2.45) is 0 Å². The molecule has 0 aromatic heterocycles. The third-order valence-electron chi connectivity index (χ3n) is 8.90. The van der Waals surface area contributed by atoms with Gasteiger partial charge in [0.2, 0.25) is 0 Å². The average molecular weight is 653 g/mol. The topological polar surface area (TPSA) is 42.5 Å². The summed E-state index contributed by atoms with van der Waals surface area (Å²) in [6, 6.07) is 20.0. The number of hydrogen-bond donors (Lipinski definition) is 2. The molecule has 6 rings (SSSR count). The molecule has 2 saturated heterocycles. The van der Waals surface area contributed by atoms with Gasteiger partial charge in [0.15, 0.2) is 11.6 Å². The van der Waals surface area contributed by atoms with E-state index in [2.05, 4.69) is 10.6 Å². The van der Waals surface area contributed by atoms with Gasteiger partial charge in [-0.05, 0) is 122 Å². The van der Waals surface area contributed by atoms with Gasteiger partial charge in [-0.3, -0.25) is 0 Å². The minimum absolute atomic E-state index is 0.0451. The lowest BCUT2D eigenvalue weighted by molar-refractivity contribution is 0.00658. The molecule has 0 bridgehead atoms. The fraction of sp³-hybridized carbons (Fsp3) is 0.368. The van der Waals surface area contributed by atoms with Crippen LogP contribution in [0.3, 0.4) is 0 Å². The highest BCUT2D eigenvalue weighted by Gasteiger charge is 2.29. The van der Waals surface area contributed by atoms with Crippen LogP contribution in [0.1, 0.15) is 58.1 Å². The summed E-state index contributed by atoms with van der Waals surface area (Å²) < 4.78 is 78.3. The number of ether oxygens (including phenoxy) is 2. The Morgan fingerprint density at radius 3 is 1.57 bits per heavy atom. The highest BCUT2D eigenvalue weighted by atomic mass is 19.2. The molecular formula is C38H41F5N2O2. The number of hydrogen-bond acceptors (Lipinski definition) is 4. The Morgan fingerprint density at radius 1 is 0.574 bits per heavy atom. The lowest BCUT2D eigenvalue weighted by Gasteiger charge is -2.33. The number of rotatable bonds is 8. The number of benzene rings is 4. The van der Waals surface area contributed by atoms with Crippen molar-refractivity contribution in [2.45, 2.75) is 63.9 Å². The highest BCUT2D eigenvalue weighted by molar-refractivity contribution is 5.33. The van der Waals surface area contributed by atoms with Gasteiger partial charge in [0.25, 0.3) is 0 Å². The zero-order valence-electron chi connectivity index (χ0n) is 26.7. The van der Waals surface area contributed by atoms with Gasteiger partial charge in [0.05, 0.1) is 25.4 Å². The molecule has 4 atom stereocenters. The van der Waals surface area contributed by atoms with Crippen molar-refractivity contribution in [2.75, 3.05) is 26.2 Å². The fourth-order valence-corrected chi connectivity index (χ4v) is 6.46. The van der Waals surface area contributed by atoms with E-state index in [0.717, 1.165) is 79.0 Å². The Balaban J connectivity index is 0.000000185. The predicted octanol–water partition coefficient (Wildman–Crippen LogP) is 8.01. The van der Waals surface area contributed by atoms with Crippen molar-refractivity contribution < 1.29 is 31.4 Å². The SMILES string of the molecule is Cc1cc(F)ccc1C1CNCCC1OCc1ccc(F)c(F)c1.Cc1cc(F)ccc1C1CNCCC1OCc1cccc(F)c1. The molecule has 4 nitrogen and oxygen atoms in total. The summed E-state index contributed by atoms with van der Waals surface area (Å²) in [6.07, 6.45) is 1.69. The maximum absolute atomic E-state index is 13.3. The van der Waals surface area contributed by atoms with Crippen LogP contribution in [-0.4, -0.2) is 38.4 Å². The first kappa shape index (κ1) is 34.7. The Hall–Kier alpha value is -3.63. The zero-order chi connectivity index (χ0) is 33.3. The standard InChI is InChI=1S/C19H20F3NO.C19H21F2NO/c1-12-8-14(20)3-4-15(12)16-10-23-7-6-19(16)24-11-13-2-5-17(21)18(22)9-13;1-13-9-16(21)5-6-17(13)18-11-22-8-7-19(18)23-12-14-3-2-4-15(20)10-14/h2-5,8-9,16,19,23H,6-7,10-11H2,1H3;2-6,9-10,18-19,22H,7-8,11-12H2,1H3. The molecular weight excluding hydrogens is 611 g/mol. The normalized spacial score (nSPS) is 21.2. The monoisotopic (exact) mass is 652 g/mol. The van der Waals surface area contributed by atoms with Gasteiger partial charge in [-0.1, -0.05) is 30.3 Å². The predicted molar refractivity (Wildman–Crippen MR) is 173 cm³/mol. The summed E-state index contributed by atoms with van der Waals surface area (Å²) in [5.74, 6) is -2.16. The van der Waals surface area contributed by atoms with E-state index < -0.39 is 11.6 Å². The van der Waals surface area contributed by atoms with Gasteiger partial charge in [0.1, 0.15) is 17.5 Å². The number of aryl methyl sites for hydroxylation is 2.